The van der Waals surface area contributed by atoms with Crippen molar-refractivity contribution in [3.8, 4) is 16.9 Å². The zero-order valence-corrected chi connectivity index (χ0v) is 19.6. The molecule has 0 spiro atoms. The predicted octanol–water partition coefficient (Wildman–Crippen LogP) is 6.92. The predicted molar refractivity (Wildman–Crippen MR) is 136 cm³/mol. The molecule has 5 aromatic rings. The van der Waals surface area contributed by atoms with E-state index >= 15 is 0 Å². The second kappa shape index (κ2) is 8.98. The van der Waals surface area contributed by atoms with Crippen molar-refractivity contribution in [3.05, 3.63) is 105 Å². The number of nitro groups is 1. The van der Waals surface area contributed by atoms with E-state index in [9.17, 15) is 24.4 Å². The summed E-state index contributed by atoms with van der Waals surface area (Å²) in [6, 6.07) is 18.6. The molecule has 0 fully saturated rings. The summed E-state index contributed by atoms with van der Waals surface area (Å²) in [6.07, 6.45) is 0. The number of methoxy groups -OCH3 is 1. The second-order valence-electron chi connectivity index (χ2n) is 8.19. The fourth-order valence-corrected chi connectivity index (χ4v) is 4.84. The monoisotopic (exact) mass is 504 g/mol. The number of aromatic nitrogens is 1. The van der Waals surface area contributed by atoms with Gasteiger partial charge in [0.15, 0.2) is 5.75 Å². The number of fused-ring (bicyclic) bond motifs is 3. The lowest BCUT2D eigenvalue weighted by atomic mass is 9.97. The normalized spacial score (nSPS) is 11.2. The summed E-state index contributed by atoms with van der Waals surface area (Å²) in [7, 11) is 1.48. The van der Waals surface area contributed by atoms with E-state index in [4.69, 9.17) is 16.3 Å². The summed E-state index contributed by atoms with van der Waals surface area (Å²) >= 11 is 6.62. The lowest BCUT2D eigenvalue weighted by molar-refractivity contribution is -0.384. The quantitative estimate of drug-likeness (QED) is 0.200. The first-order valence-electron chi connectivity index (χ1n) is 10.8. The molecule has 1 aromatic heterocycles. The number of nitrogens with zero attached hydrogens (tertiary/aromatic N) is 2. The topological polar surface area (TPSA) is 94.6 Å². The number of hydrogen-bond donors (Lipinski definition) is 1. The van der Waals surface area contributed by atoms with Gasteiger partial charge in [0.05, 0.1) is 33.7 Å². The van der Waals surface area contributed by atoms with Gasteiger partial charge in [0.25, 0.3) is 5.69 Å². The molecule has 0 saturated heterocycles. The molecule has 0 aliphatic heterocycles. The molecule has 0 atom stereocenters. The summed E-state index contributed by atoms with van der Waals surface area (Å²) in [5, 5.41) is 22.8. The summed E-state index contributed by atoms with van der Waals surface area (Å²) in [4.78, 5) is 23.1. The van der Waals surface area contributed by atoms with E-state index in [2.05, 4.69) is 0 Å². The Labute approximate surface area is 209 Å². The molecule has 180 valence electrons. The Morgan fingerprint density at radius 1 is 1.08 bits per heavy atom. The van der Waals surface area contributed by atoms with Crippen LogP contribution in [0.4, 0.5) is 10.1 Å². The third-order valence-electron chi connectivity index (χ3n) is 6.13. The molecule has 0 unspecified atom stereocenters. The van der Waals surface area contributed by atoms with Gasteiger partial charge in [-0.25, -0.2) is 9.18 Å². The lowest BCUT2D eigenvalue weighted by Gasteiger charge is -2.16. The fraction of sp³-hybridized carbons (Fsp3) is 0.0741. The number of carbonyl (C=O) groups is 1. The van der Waals surface area contributed by atoms with Gasteiger partial charge in [-0.15, -0.1) is 0 Å². The van der Waals surface area contributed by atoms with Crippen LogP contribution in [-0.2, 0) is 6.54 Å². The van der Waals surface area contributed by atoms with Gasteiger partial charge in [0.2, 0.25) is 0 Å². The Bertz CT molecular complexity index is 1660. The average Bonchev–Trinajstić information content (AvgIpc) is 3.19. The number of ether oxygens (including phenoxy) is 1. The highest BCUT2D eigenvalue weighted by Crippen LogP contribution is 2.45. The number of non-ortho nitro benzene ring substituents is 1. The van der Waals surface area contributed by atoms with Gasteiger partial charge < -0.3 is 14.4 Å². The first-order chi connectivity index (χ1) is 17.3. The highest BCUT2D eigenvalue weighted by Gasteiger charge is 2.26. The zero-order chi connectivity index (χ0) is 25.6. The van der Waals surface area contributed by atoms with Crippen molar-refractivity contribution >= 4 is 45.1 Å². The molecule has 0 radical (unpaired) electrons. The summed E-state index contributed by atoms with van der Waals surface area (Å²) in [5.41, 5.74) is 2.83. The van der Waals surface area contributed by atoms with Crippen LogP contribution in [0.1, 0.15) is 15.9 Å². The second-order valence-corrected chi connectivity index (χ2v) is 8.59. The van der Waals surface area contributed by atoms with E-state index in [0.29, 0.717) is 43.7 Å². The molecule has 7 nitrogen and oxygen atoms in total. The largest absolute Gasteiger partial charge is 0.494 e. The van der Waals surface area contributed by atoms with E-state index in [1.54, 1.807) is 42.5 Å². The maximum Gasteiger partial charge on any atom is 0.336 e. The van der Waals surface area contributed by atoms with Gasteiger partial charge in [0.1, 0.15) is 5.82 Å². The van der Waals surface area contributed by atoms with Crippen LogP contribution in [0.25, 0.3) is 32.9 Å². The molecule has 36 heavy (non-hydrogen) atoms. The average molecular weight is 505 g/mol. The van der Waals surface area contributed by atoms with Crippen LogP contribution in [0.15, 0.2) is 72.8 Å². The first-order valence-corrected chi connectivity index (χ1v) is 11.2. The molecule has 0 aliphatic carbocycles. The Balaban J connectivity index is 1.90. The van der Waals surface area contributed by atoms with Gasteiger partial charge in [0, 0.05) is 35.0 Å². The van der Waals surface area contributed by atoms with E-state index < -0.39 is 10.9 Å². The third-order valence-corrected chi connectivity index (χ3v) is 6.43. The number of hydrogen-bond acceptors (Lipinski definition) is 4. The van der Waals surface area contributed by atoms with Crippen LogP contribution in [0.5, 0.6) is 5.75 Å². The maximum atomic E-state index is 13.6. The van der Waals surface area contributed by atoms with Crippen molar-refractivity contribution in [3.63, 3.8) is 0 Å². The molecular formula is C27H18ClFN2O5. The highest BCUT2D eigenvalue weighted by atomic mass is 35.5. The van der Waals surface area contributed by atoms with Crippen LogP contribution in [-0.4, -0.2) is 27.7 Å². The molecule has 0 saturated carbocycles. The molecule has 9 heteroatoms. The van der Waals surface area contributed by atoms with Crippen LogP contribution < -0.4 is 4.74 Å². The number of para-hydroxylation sites is 1. The third kappa shape index (κ3) is 3.81. The van der Waals surface area contributed by atoms with Gasteiger partial charge in [-0.3, -0.25) is 10.1 Å². The Hall–Kier alpha value is -4.43. The summed E-state index contributed by atoms with van der Waals surface area (Å²) < 4.78 is 21.3. The number of aromatic carboxylic acids is 1. The van der Waals surface area contributed by atoms with Crippen molar-refractivity contribution in [2.75, 3.05) is 7.11 Å². The maximum absolute atomic E-state index is 13.6. The molecule has 5 rings (SSSR count). The Morgan fingerprint density at radius 2 is 1.78 bits per heavy atom. The van der Waals surface area contributed by atoms with Crippen molar-refractivity contribution in [2.45, 2.75) is 6.54 Å². The van der Waals surface area contributed by atoms with Crippen LogP contribution >= 0.6 is 11.6 Å². The van der Waals surface area contributed by atoms with Crippen molar-refractivity contribution in [1.29, 1.82) is 0 Å². The number of halogens is 2. The van der Waals surface area contributed by atoms with Crippen LogP contribution in [0, 0.1) is 15.9 Å². The molecule has 0 aliphatic rings. The molecule has 1 heterocycles. The molecule has 4 aromatic carbocycles. The summed E-state index contributed by atoms with van der Waals surface area (Å²) in [5.74, 6) is -1.13. The van der Waals surface area contributed by atoms with Crippen molar-refractivity contribution in [2.24, 2.45) is 0 Å². The van der Waals surface area contributed by atoms with Crippen LogP contribution in [0.3, 0.4) is 0 Å². The SMILES string of the molecule is COc1c(-c2ccc([N+](=O)[O-])cc2)cc(C(=O)O)c2c3cccc(Cl)c3n(Cc3ccc(F)cc3)c12. The zero-order valence-electron chi connectivity index (χ0n) is 18.9. The van der Waals surface area contributed by atoms with Gasteiger partial charge in [-0.2, -0.15) is 0 Å². The minimum Gasteiger partial charge on any atom is -0.494 e. The number of carboxylic acid groups (broad SMARTS) is 1. The van der Waals surface area contributed by atoms with Gasteiger partial charge >= 0.3 is 5.97 Å². The number of benzene rings is 4. The van der Waals surface area contributed by atoms with Gasteiger partial charge in [-0.1, -0.05) is 35.9 Å². The minimum absolute atomic E-state index is 0.0317. The van der Waals surface area contributed by atoms with Crippen molar-refractivity contribution < 1.29 is 24.0 Å². The number of carboxylic acids is 1. The lowest BCUT2D eigenvalue weighted by Crippen LogP contribution is -2.04. The van der Waals surface area contributed by atoms with Gasteiger partial charge in [-0.05, 0) is 47.5 Å². The Morgan fingerprint density at radius 3 is 2.39 bits per heavy atom. The Kier molecular flexibility index (Phi) is 5.81. The number of rotatable bonds is 6. The highest BCUT2D eigenvalue weighted by molar-refractivity contribution is 6.37. The van der Waals surface area contributed by atoms with E-state index in [1.165, 1.54) is 37.4 Å². The van der Waals surface area contributed by atoms with E-state index in [1.807, 2.05) is 4.57 Å². The molecule has 0 bridgehead atoms. The standard InChI is InChI=1S/C27H18ClFN2O5/c1-36-26-20(16-7-11-18(12-8-16)31(34)35)13-21(27(32)33)23-19-3-2-4-22(28)24(19)30(25(23)26)14-15-5-9-17(29)10-6-15/h2-13H,14H2,1H3,(H,32,33). The van der Waals surface area contributed by atoms with Crippen molar-refractivity contribution in [1.82, 2.24) is 4.57 Å². The minimum atomic E-state index is -1.15. The summed E-state index contributed by atoms with van der Waals surface area (Å²) in [6.45, 7) is 0.267. The molecule has 1 N–H and O–H groups in total. The van der Waals surface area contributed by atoms with E-state index in [-0.39, 0.29) is 23.6 Å². The van der Waals surface area contributed by atoms with Crippen LogP contribution in [0.2, 0.25) is 5.02 Å². The molecule has 0 amide bonds. The molecular weight excluding hydrogens is 487 g/mol. The number of nitro benzene ring substituents is 1. The fourth-order valence-electron chi connectivity index (χ4n) is 4.57. The first kappa shape index (κ1) is 23.3. The smallest absolute Gasteiger partial charge is 0.336 e. The van der Waals surface area contributed by atoms with E-state index in [0.717, 1.165) is 5.56 Å².